The second-order valence-electron chi connectivity index (χ2n) is 10.8. The van der Waals surface area contributed by atoms with Gasteiger partial charge in [0.25, 0.3) is 0 Å². The van der Waals surface area contributed by atoms with Crippen LogP contribution < -0.4 is 9.80 Å². The first-order chi connectivity index (χ1) is 21.2. The molecule has 7 aromatic carbocycles. The Balaban J connectivity index is 1.21. The maximum atomic E-state index is 2.32. The third-order valence-electron chi connectivity index (χ3n) is 7.90. The summed E-state index contributed by atoms with van der Waals surface area (Å²) in [6.07, 6.45) is 0. The molecular formula is C41H32N2. The molecule has 0 spiro atoms. The number of rotatable bonds is 7. The molecule has 0 saturated heterocycles. The first-order valence-corrected chi connectivity index (χ1v) is 14.7. The molecule has 2 nitrogen and oxygen atoms in total. The van der Waals surface area contributed by atoms with Crippen LogP contribution in [0, 0.1) is 6.92 Å². The number of benzene rings is 7. The highest BCUT2D eigenvalue weighted by Gasteiger charge is 2.14. The fourth-order valence-corrected chi connectivity index (χ4v) is 5.66. The summed E-state index contributed by atoms with van der Waals surface area (Å²) < 4.78 is 0. The topological polar surface area (TPSA) is 6.48 Å². The zero-order chi connectivity index (χ0) is 29.0. The van der Waals surface area contributed by atoms with Crippen molar-refractivity contribution in [1.29, 1.82) is 0 Å². The van der Waals surface area contributed by atoms with Gasteiger partial charge in [0, 0.05) is 34.1 Å². The van der Waals surface area contributed by atoms with E-state index in [9.17, 15) is 0 Å². The third-order valence-corrected chi connectivity index (χ3v) is 7.90. The van der Waals surface area contributed by atoms with Crippen molar-refractivity contribution < 1.29 is 0 Å². The Morgan fingerprint density at radius 1 is 0.302 bits per heavy atom. The predicted molar refractivity (Wildman–Crippen MR) is 183 cm³/mol. The summed E-state index contributed by atoms with van der Waals surface area (Å²) in [5.74, 6) is 0. The van der Waals surface area contributed by atoms with Crippen LogP contribution >= 0.6 is 0 Å². The average Bonchev–Trinajstić information content (AvgIpc) is 3.07. The molecule has 2 heteroatoms. The molecule has 7 aromatic rings. The van der Waals surface area contributed by atoms with Gasteiger partial charge >= 0.3 is 0 Å². The van der Waals surface area contributed by atoms with Crippen molar-refractivity contribution in [3.63, 3.8) is 0 Å². The quantitative estimate of drug-likeness (QED) is 0.194. The lowest BCUT2D eigenvalue weighted by Crippen LogP contribution is -2.10. The van der Waals surface area contributed by atoms with Gasteiger partial charge in [-0.25, -0.2) is 0 Å². The molecule has 0 fully saturated rings. The van der Waals surface area contributed by atoms with Crippen molar-refractivity contribution in [3.8, 4) is 11.1 Å². The summed E-state index contributed by atoms with van der Waals surface area (Å²) in [6, 6.07) is 62.7. The molecule has 0 bridgehead atoms. The molecule has 0 aliphatic heterocycles. The SMILES string of the molecule is Cc1ccc(N(c2ccccc2)c2ccc(-c3ccc(N(c4ccccc4)c4ccc5ccccc5c4)cc3)cc2)cc1. The molecule has 0 aliphatic rings. The van der Waals surface area contributed by atoms with Gasteiger partial charge in [0.05, 0.1) is 0 Å². The second kappa shape index (κ2) is 11.7. The zero-order valence-corrected chi connectivity index (χ0v) is 24.1. The van der Waals surface area contributed by atoms with E-state index in [4.69, 9.17) is 0 Å². The summed E-state index contributed by atoms with van der Waals surface area (Å²) >= 11 is 0. The van der Waals surface area contributed by atoms with Crippen LogP contribution in [0.15, 0.2) is 176 Å². The van der Waals surface area contributed by atoms with Crippen molar-refractivity contribution >= 4 is 44.9 Å². The summed E-state index contributed by atoms with van der Waals surface area (Å²) in [6.45, 7) is 2.12. The van der Waals surface area contributed by atoms with Gasteiger partial charge in [-0.2, -0.15) is 0 Å². The van der Waals surface area contributed by atoms with Crippen molar-refractivity contribution in [2.75, 3.05) is 9.80 Å². The van der Waals surface area contributed by atoms with Gasteiger partial charge in [0.15, 0.2) is 0 Å². The maximum Gasteiger partial charge on any atom is 0.0468 e. The Labute approximate surface area is 253 Å². The van der Waals surface area contributed by atoms with Crippen LogP contribution in [0.3, 0.4) is 0 Å². The van der Waals surface area contributed by atoms with Gasteiger partial charge in [0.1, 0.15) is 0 Å². The summed E-state index contributed by atoms with van der Waals surface area (Å²) in [7, 11) is 0. The Kier molecular flexibility index (Phi) is 7.17. The number of anilines is 6. The Morgan fingerprint density at radius 2 is 0.674 bits per heavy atom. The molecule has 0 radical (unpaired) electrons. The van der Waals surface area contributed by atoms with E-state index < -0.39 is 0 Å². The monoisotopic (exact) mass is 552 g/mol. The van der Waals surface area contributed by atoms with Gasteiger partial charge < -0.3 is 9.80 Å². The van der Waals surface area contributed by atoms with Gasteiger partial charge in [-0.3, -0.25) is 0 Å². The molecule has 0 unspecified atom stereocenters. The number of nitrogens with zero attached hydrogens (tertiary/aromatic N) is 2. The van der Waals surface area contributed by atoms with Crippen LogP contribution in [-0.4, -0.2) is 0 Å². The number of aryl methyl sites for hydroxylation is 1. The Hall–Kier alpha value is -5.60. The van der Waals surface area contributed by atoms with E-state index in [1.165, 1.54) is 27.5 Å². The summed E-state index contributed by atoms with van der Waals surface area (Å²) in [5, 5.41) is 2.47. The molecule has 206 valence electrons. The fraction of sp³-hybridized carbons (Fsp3) is 0.0244. The number of hydrogen-bond donors (Lipinski definition) is 0. The summed E-state index contributed by atoms with van der Waals surface area (Å²) in [4.78, 5) is 4.62. The van der Waals surface area contributed by atoms with Crippen LogP contribution in [0.5, 0.6) is 0 Å². The molecule has 0 aliphatic carbocycles. The second-order valence-corrected chi connectivity index (χ2v) is 10.8. The van der Waals surface area contributed by atoms with Gasteiger partial charge in [-0.15, -0.1) is 0 Å². The van der Waals surface area contributed by atoms with E-state index in [1.54, 1.807) is 0 Å². The minimum Gasteiger partial charge on any atom is -0.311 e. The standard InChI is InChI=1S/C41H32N2/c1-31-16-23-38(24-17-31)42(36-12-4-2-5-13-36)39-25-18-33(19-26-39)34-20-27-40(28-21-34)43(37-14-6-3-7-15-37)41-29-22-32-10-8-9-11-35(32)30-41/h2-30H,1H3. The van der Waals surface area contributed by atoms with Crippen molar-refractivity contribution in [1.82, 2.24) is 0 Å². The van der Waals surface area contributed by atoms with E-state index in [0.717, 1.165) is 34.1 Å². The molecule has 0 amide bonds. The predicted octanol–water partition coefficient (Wildman–Crippen LogP) is 11.8. The van der Waals surface area contributed by atoms with Crippen molar-refractivity contribution in [2.45, 2.75) is 6.92 Å². The van der Waals surface area contributed by atoms with E-state index in [0.29, 0.717) is 0 Å². The molecule has 0 aromatic heterocycles. The Morgan fingerprint density at radius 3 is 1.19 bits per heavy atom. The van der Waals surface area contributed by atoms with Crippen molar-refractivity contribution in [3.05, 3.63) is 181 Å². The normalized spacial score (nSPS) is 10.9. The molecular weight excluding hydrogens is 520 g/mol. The van der Waals surface area contributed by atoms with Crippen LogP contribution in [0.25, 0.3) is 21.9 Å². The number of fused-ring (bicyclic) bond motifs is 1. The molecule has 7 rings (SSSR count). The van der Waals surface area contributed by atoms with Gasteiger partial charge in [0.2, 0.25) is 0 Å². The lowest BCUT2D eigenvalue weighted by Gasteiger charge is -2.26. The average molecular weight is 553 g/mol. The molecule has 0 saturated carbocycles. The highest BCUT2D eigenvalue weighted by Crippen LogP contribution is 2.38. The van der Waals surface area contributed by atoms with Crippen LogP contribution in [0.4, 0.5) is 34.1 Å². The van der Waals surface area contributed by atoms with Crippen molar-refractivity contribution in [2.24, 2.45) is 0 Å². The molecule has 0 atom stereocenters. The van der Waals surface area contributed by atoms with Gasteiger partial charge in [-0.05, 0) is 102 Å². The van der Waals surface area contributed by atoms with E-state index in [1.807, 2.05) is 0 Å². The van der Waals surface area contributed by atoms with Crippen LogP contribution in [0.1, 0.15) is 5.56 Å². The van der Waals surface area contributed by atoms with E-state index in [2.05, 4.69) is 193 Å². The van der Waals surface area contributed by atoms with Crippen LogP contribution in [-0.2, 0) is 0 Å². The lowest BCUT2D eigenvalue weighted by atomic mass is 10.0. The highest BCUT2D eigenvalue weighted by atomic mass is 15.1. The molecule has 0 heterocycles. The van der Waals surface area contributed by atoms with E-state index >= 15 is 0 Å². The Bertz CT molecular complexity index is 1940. The van der Waals surface area contributed by atoms with E-state index in [-0.39, 0.29) is 0 Å². The van der Waals surface area contributed by atoms with Crippen LogP contribution in [0.2, 0.25) is 0 Å². The number of hydrogen-bond acceptors (Lipinski definition) is 2. The fourth-order valence-electron chi connectivity index (χ4n) is 5.66. The minimum absolute atomic E-state index is 1.12. The smallest absolute Gasteiger partial charge is 0.0468 e. The van der Waals surface area contributed by atoms with Gasteiger partial charge in [-0.1, -0.05) is 109 Å². The highest BCUT2D eigenvalue weighted by molar-refractivity contribution is 5.89. The lowest BCUT2D eigenvalue weighted by molar-refractivity contribution is 1.27. The third kappa shape index (κ3) is 5.51. The number of para-hydroxylation sites is 2. The molecule has 0 N–H and O–H groups in total. The first kappa shape index (κ1) is 26.3. The molecule has 43 heavy (non-hydrogen) atoms. The largest absolute Gasteiger partial charge is 0.311 e. The first-order valence-electron chi connectivity index (χ1n) is 14.7. The zero-order valence-electron chi connectivity index (χ0n) is 24.1. The maximum absolute atomic E-state index is 2.32. The minimum atomic E-state index is 1.12. The summed E-state index contributed by atoms with van der Waals surface area (Å²) in [5.41, 5.74) is 10.4.